The van der Waals surface area contributed by atoms with Gasteiger partial charge in [-0.3, -0.25) is 9.78 Å². The van der Waals surface area contributed by atoms with Crippen molar-refractivity contribution in [1.29, 1.82) is 0 Å². The number of pyridine rings is 2. The lowest BCUT2D eigenvalue weighted by Gasteiger charge is -2.12. The number of fused-ring (bicyclic) bond motifs is 1. The van der Waals surface area contributed by atoms with Gasteiger partial charge < -0.3 is 24.3 Å². The molecule has 14 heteroatoms. The van der Waals surface area contributed by atoms with Crippen LogP contribution in [0.1, 0.15) is 23.0 Å². The fourth-order valence-electron chi connectivity index (χ4n) is 4.19. The lowest BCUT2D eigenvalue weighted by molar-refractivity contribution is -0.137. The van der Waals surface area contributed by atoms with E-state index in [1.165, 1.54) is 26.5 Å². The number of amides is 1. The molecule has 0 saturated carbocycles. The number of hydrogen-bond donors (Lipinski definition) is 1. The Morgan fingerprint density at radius 3 is 2.40 bits per heavy atom. The summed E-state index contributed by atoms with van der Waals surface area (Å²) >= 11 is 0. The average Bonchev–Trinajstić information content (AvgIpc) is 3.41. The van der Waals surface area contributed by atoms with Crippen molar-refractivity contribution in [2.45, 2.75) is 13.1 Å². The maximum absolute atomic E-state index is 13.6. The van der Waals surface area contributed by atoms with Crippen LogP contribution in [-0.2, 0) is 6.18 Å². The Hall–Kier alpha value is -5.40. The molecule has 1 amide bonds. The summed E-state index contributed by atoms with van der Waals surface area (Å²) in [5, 5.41) is 7.21. The summed E-state index contributed by atoms with van der Waals surface area (Å²) in [4.78, 5) is 21.6. The molecule has 2 aromatic carbocycles. The fourth-order valence-corrected chi connectivity index (χ4v) is 4.19. The van der Waals surface area contributed by atoms with Gasteiger partial charge >= 0.3 is 6.18 Å². The van der Waals surface area contributed by atoms with Crippen LogP contribution in [0.3, 0.4) is 0 Å². The van der Waals surface area contributed by atoms with E-state index >= 15 is 0 Å². The van der Waals surface area contributed by atoms with Crippen molar-refractivity contribution in [3.63, 3.8) is 0 Å². The number of nitrogens with zero attached hydrogens (tertiary/aromatic N) is 4. The predicted molar refractivity (Wildman–Crippen MR) is 147 cm³/mol. The van der Waals surface area contributed by atoms with Gasteiger partial charge in [-0.1, -0.05) is 0 Å². The van der Waals surface area contributed by atoms with Crippen LogP contribution >= 0.6 is 0 Å². The smallest absolute Gasteiger partial charge is 0.418 e. The van der Waals surface area contributed by atoms with E-state index in [2.05, 4.69) is 20.4 Å². The molecule has 0 aliphatic rings. The standard InChI is InChI=1S/C29H23F4N5O5/c1-4-42-25-15-38(21-7-5-16(30)11-19(21)29(31,32)33)37-27(25)28(39)36-26-8-6-17(14-35-26)43-22-9-10-34-20-13-24(41-3)23(40-2)12-18(20)22/h5-15H,4H2,1-3H3,(H,35,36,39). The van der Waals surface area contributed by atoms with Crippen molar-refractivity contribution < 1.29 is 41.3 Å². The minimum atomic E-state index is -4.87. The highest BCUT2D eigenvalue weighted by Crippen LogP contribution is 2.37. The van der Waals surface area contributed by atoms with Gasteiger partial charge in [0.15, 0.2) is 22.9 Å². The molecule has 0 atom stereocenters. The van der Waals surface area contributed by atoms with Gasteiger partial charge in [0.25, 0.3) is 5.91 Å². The Balaban J connectivity index is 1.37. The third kappa shape index (κ3) is 6.12. The normalized spacial score (nSPS) is 11.3. The second-order valence-corrected chi connectivity index (χ2v) is 8.85. The van der Waals surface area contributed by atoms with Crippen LogP contribution in [0.2, 0.25) is 0 Å². The molecular formula is C29H23F4N5O5. The Kier molecular flexibility index (Phi) is 8.01. The number of nitrogens with one attached hydrogen (secondary N) is 1. The fraction of sp³-hybridized carbons (Fsp3) is 0.172. The van der Waals surface area contributed by atoms with Crippen LogP contribution in [0.4, 0.5) is 23.4 Å². The number of methoxy groups -OCH3 is 2. The van der Waals surface area contributed by atoms with E-state index in [1.807, 2.05) is 0 Å². The predicted octanol–water partition coefficient (Wildman–Crippen LogP) is 6.43. The van der Waals surface area contributed by atoms with Gasteiger partial charge in [0, 0.05) is 17.6 Å². The lowest BCUT2D eigenvalue weighted by Crippen LogP contribution is -2.16. The van der Waals surface area contributed by atoms with Crippen molar-refractivity contribution in [2.75, 3.05) is 26.1 Å². The largest absolute Gasteiger partial charge is 0.493 e. The molecule has 0 saturated heterocycles. The molecule has 10 nitrogen and oxygen atoms in total. The van der Waals surface area contributed by atoms with Gasteiger partial charge in [-0.25, -0.2) is 14.1 Å². The van der Waals surface area contributed by atoms with E-state index in [1.54, 1.807) is 37.4 Å². The zero-order valence-electron chi connectivity index (χ0n) is 22.9. The number of rotatable bonds is 9. The van der Waals surface area contributed by atoms with E-state index in [0.29, 0.717) is 40.0 Å². The average molecular weight is 598 g/mol. The first-order valence-electron chi connectivity index (χ1n) is 12.7. The molecule has 43 heavy (non-hydrogen) atoms. The molecule has 0 aliphatic carbocycles. The van der Waals surface area contributed by atoms with Crippen molar-refractivity contribution >= 4 is 22.6 Å². The summed E-state index contributed by atoms with van der Waals surface area (Å²) in [6, 6.07) is 10.3. The first-order chi connectivity index (χ1) is 20.6. The first-order valence-corrected chi connectivity index (χ1v) is 12.7. The molecule has 3 aromatic heterocycles. The molecule has 1 N–H and O–H groups in total. The number of alkyl halides is 3. The molecule has 0 fully saturated rings. The highest BCUT2D eigenvalue weighted by atomic mass is 19.4. The van der Waals surface area contributed by atoms with Gasteiger partial charge in [-0.15, -0.1) is 0 Å². The van der Waals surface area contributed by atoms with Gasteiger partial charge in [-0.2, -0.15) is 18.3 Å². The second-order valence-electron chi connectivity index (χ2n) is 8.85. The molecule has 3 heterocycles. The summed E-state index contributed by atoms with van der Waals surface area (Å²) in [5.74, 6) is -0.00990. The Bertz CT molecular complexity index is 1790. The molecule has 222 valence electrons. The number of anilines is 1. The second kappa shape index (κ2) is 11.8. The molecule has 0 bridgehead atoms. The van der Waals surface area contributed by atoms with Gasteiger partial charge in [-0.05, 0) is 49.4 Å². The highest BCUT2D eigenvalue weighted by Gasteiger charge is 2.35. The van der Waals surface area contributed by atoms with Crippen molar-refractivity contribution in [3.05, 3.63) is 84.2 Å². The number of ether oxygens (including phenoxy) is 4. The van der Waals surface area contributed by atoms with Crippen LogP contribution in [0.25, 0.3) is 16.6 Å². The molecule has 5 rings (SSSR count). The van der Waals surface area contributed by atoms with Crippen molar-refractivity contribution in [3.8, 4) is 34.4 Å². The highest BCUT2D eigenvalue weighted by molar-refractivity contribution is 6.04. The number of carbonyl (C=O) groups excluding carboxylic acids is 1. The summed E-state index contributed by atoms with van der Waals surface area (Å²) in [7, 11) is 3.04. The van der Waals surface area contributed by atoms with Crippen LogP contribution < -0.4 is 24.3 Å². The molecule has 0 aliphatic heterocycles. The van der Waals surface area contributed by atoms with Gasteiger partial charge in [0.05, 0.1) is 50.0 Å². The number of benzene rings is 2. The Morgan fingerprint density at radius 1 is 0.953 bits per heavy atom. The molecule has 0 spiro atoms. The van der Waals surface area contributed by atoms with E-state index in [-0.39, 0.29) is 23.9 Å². The maximum atomic E-state index is 13.6. The maximum Gasteiger partial charge on any atom is 0.418 e. The number of aromatic nitrogens is 4. The monoisotopic (exact) mass is 597 g/mol. The summed E-state index contributed by atoms with van der Waals surface area (Å²) in [6.45, 7) is 1.74. The molecule has 0 radical (unpaired) electrons. The van der Waals surface area contributed by atoms with Crippen LogP contribution in [0, 0.1) is 5.82 Å². The van der Waals surface area contributed by atoms with E-state index in [0.717, 1.165) is 23.0 Å². The summed E-state index contributed by atoms with van der Waals surface area (Å²) in [5.41, 5.74) is -1.43. The number of hydrogen-bond acceptors (Lipinski definition) is 8. The lowest BCUT2D eigenvalue weighted by atomic mass is 10.1. The topological polar surface area (TPSA) is 110 Å². The minimum Gasteiger partial charge on any atom is -0.493 e. The summed E-state index contributed by atoms with van der Waals surface area (Å²) < 4.78 is 77.3. The van der Waals surface area contributed by atoms with Crippen LogP contribution in [0.5, 0.6) is 28.7 Å². The minimum absolute atomic E-state index is 0.0750. The van der Waals surface area contributed by atoms with Crippen molar-refractivity contribution in [2.24, 2.45) is 0 Å². The van der Waals surface area contributed by atoms with E-state index < -0.39 is 29.2 Å². The zero-order valence-corrected chi connectivity index (χ0v) is 22.9. The molecule has 0 unspecified atom stereocenters. The van der Waals surface area contributed by atoms with Crippen molar-refractivity contribution in [1.82, 2.24) is 19.7 Å². The summed E-state index contributed by atoms with van der Waals surface area (Å²) in [6.07, 6.45) is -0.801. The number of carbonyl (C=O) groups is 1. The van der Waals surface area contributed by atoms with Crippen LogP contribution in [-0.4, -0.2) is 46.5 Å². The third-order valence-corrected chi connectivity index (χ3v) is 6.12. The SMILES string of the molecule is CCOc1cn(-c2ccc(F)cc2C(F)(F)F)nc1C(=O)Nc1ccc(Oc2ccnc3cc(OC)c(OC)cc23)cn1. The van der Waals surface area contributed by atoms with E-state index in [9.17, 15) is 22.4 Å². The van der Waals surface area contributed by atoms with Gasteiger partial charge in [0.1, 0.15) is 23.1 Å². The number of halogens is 4. The van der Waals surface area contributed by atoms with E-state index in [4.69, 9.17) is 18.9 Å². The van der Waals surface area contributed by atoms with Gasteiger partial charge in [0.2, 0.25) is 0 Å². The zero-order chi connectivity index (χ0) is 30.7. The molecular weight excluding hydrogens is 574 g/mol. The molecule has 5 aromatic rings. The third-order valence-electron chi connectivity index (χ3n) is 6.12. The Morgan fingerprint density at radius 2 is 1.72 bits per heavy atom. The van der Waals surface area contributed by atoms with Crippen LogP contribution in [0.15, 0.2) is 67.1 Å². The Labute approximate surface area is 241 Å². The first kappa shape index (κ1) is 29.1. The quantitative estimate of drug-likeness (QED) is 0.194.